The number of benzene rings is 2. The third-order valence-corrected chi connectivity index (χ3v) is 8.88. The smallest absolute Gasteiger partial charge is 0.410 e. The second-order valence-corrected chi connectivity index (χ2v) is 12.4. The maximum absolute atomic E-state index is 13.8. The van der Waals surface area contributed by atoms with Gasteiger partial charge in [-0.05, 0) is 31.4 Å². The fourth-order valence-corrected chi connectivity index (χ4v) is 6.06. The fourth-order valence-electron chi connectivity index (χ4n) is 5.63. The quantitative estimate of drug-likeness (QED) is 0.315. The first-order valence-electron chi connectivity index (χ1n) is 15.1. The Kier molecular flexibility index (Phi) is 10.3. The number of carbonyl (C=O) groups is 4. The van der Waals surface area contributed by atoms with Gasteiger partial charge in [0.2, 0.25) is 11.7 Å². The van der Waals surface area contributed by atoms with Crippen LogP contribution >= 0.6 is 23.2 Å². The normalized spacial score (nSPS) is 20.8. The van der Waals surface area contributed by atoms with Crippen molar-refractivity contribution in [3.63, 3.8) is 0 Å². The summed E-state index contributed by atoms with van der Waals surface area (Å²) in [7, 11) is 3.00. The van der Waals surface area contributed by atoms with Crippen LogP contribution in [0.1, 0.15) is 56.6 Å². The second-order valence-electron chi connectivity index (χ2n) is 11.6. The van der Waals surface area contributed by atoms with Gasteiger partial charge in [0, 0.05) is 41.1 Å². The van der Waals surface area contributed by atoms with Crippen LogP contribution in [0.3, 0.4) is 0 Å². The summed E-state index contributed by atoms with van der Waals surface area (Å²) in [5.41, 5.74) is 0.573. The molecular weight excluding hydrogens is 639 g/mol. The third kappa shape index (κ3) is 7.33. The van der Waals surface area contributed by atoms with Crippen LogP contribution in [-0.4, -0.2) is 78.8 Å². The van der Waals surface area contributed by atoms with E-state index in [1.165, 1.54) is 19.1 Å². The molecule has 2 aliphatic heterocycles. The number of amides is 3. The summed E-state index contributed by atoms with van der Waals surface area (Å²) in [6, 6.07) is 8.07. The van der Waals surface area contributed by atoms with Crippen molar-refractivity contribution in [2.75, 3.05) is 20.8 Å². The monoisotopic (exact) mass is 674 g/mol. The zero-order chi connectivity index (χ0) is 33.0. The molecule has 0 bridgehead atoms. The lowest BCUT2D eigenvalue weighted by Crippen LogP contribution is -2.53. The van der Waals surface area contributed by atoms with E-state index < -0.39 is 41.4 Å². The standard InChI is InChI=1S/C32H36Cl2N4O8/c1-4-7-23(28(39)30(41)35-19-10-11-19)36-29(40)25-15-32(17-38(25)31(42)45-16-18-8-5-6-9-21(18)33)14-24(37-46-32)20-12-22(34)27(44-3)13-26(20)43-2/h5-6,8-9,12-13,19,23,25H,4,7,10-11,14-17H2,1-3H3,(H,35,41)(H,36,40)/t23-,25-,32+/m0/s1. The molecule has 3 aliphatic rings. The van der Waals surface area contributed by atoms with Gasteiger partial charge >= 0.3 is 6.09 Å². The van der Waals surface area contributed by atoms with Gasteiger partial charge < -0.3 is 29.7 Å². The van der Waals surface area contributed by atoms with E-state index in [-0.39, 0.29) is 38.5 Å². The number of oxime groups is 1. The first-order chi connectivity index (χ1) is 22.1. The van der Waals surface area contributed by atoms with E-state index in [0.717, 1.165) is 12.8 Å². The Morgan fingerprint density at radius 1 is 1.09 bits per heavy atom. The van der Waals surface area contributed by atoms with Crippen LogP contribution < -0.4 is 20.1 Å². The number of rotatable bonds is 12. The number of nitrogens with zero attached hydrogens (tertiary/aromatic N) is 2. The number of methoxy groups -OCH3 is 2. The van der Waals surface area contributed by atoms with E-state index in [4.69, 9.17) is 42.3 Å². The van der Waals surface area contributed by atoms with Crippen LogP contribution in [0.2, 0.25) is 10.0 Å². The minimum absolute atomic E-state index is 0.0135. The summed E-state index contributed by atoms with van der Waals surface area (Å²) in [5.74, 6) is -1.20. The van der Waals surface area contributed by atoms with Gasteiger partial charge in [-0.2, -0.15) is 0 Å². The number of hydrogen-bond acceptors (Lipinski definition) is 9. The molecule has 0 aromatic heterocycles. The van der Waals surface area contributed by atoms with Gasteiger partial charge in [0.05, 0.1) is 37.5 Å². The summed E-state index contributed by atoms with van der Waals surface area (Å²) in [4.78, 5) is 60.2. The van der Waals surface area contributed by atoms with Gasteiger partial charge in [-0.1, -0.05) is 59.9 Å². The number of carbonyl (C=O) groups excluding carboxylic acids is 4. The lowest BCUT2D eigenvalue weighted by molar-refractivity contribution is -0.140. The molecule has 1 saturated heterocycles. The Balaban J connectivity index is 1.37. The Morgan fingerprint density at radius 2 is 1.83 bits per heavy atom. The Hall–Kier alpha value is -4.03. The molecule has 2 aromatic carbocycles. The van der Waals surface area contributed by atoms with E-state index in [9.17, 15) is 19.2 Å². The zero-order valence-electron chi connectivity index (χ0n) is 25.8. The average Bonchev–Trinajstić information content (AvgIpc) is 3.64. The fraction of sp³-hybridized carbons (Fsp3) is 0.469. The molecule has 12 nitrogen and oxygen atoms in total. The summed E-state index contributed by atoms with van der Waals surface area (Å²) < 4.78 is 16.4. The first-order valence-corrected chi connectivity index (χ1v) is 15.8. The van der Waals surface area contributed by atoms with Gasteiger partial charge in [0.25, 0.3) is 5.91 Å². The van der Waals surface area contributed by atoms with Crippen molar-refractivity contribution in [2.45, 2.75) is 75.8 Å². The van der Waals surface area contributed by atoms with Crippen LogP contribution in [-0.2, 0) is 30.6 Å². The predicted molar refractivity (Wildman–Crippen MR) is 169 cm³/mol. The summed E-state index contributed by atoms with van der Waals surface area (Å²) in [5, 5.41) is 10.5. The highest BCUT2D eigenvalue weighted by Gasteiger charge is 2.55. The van der Waals surface area contributed by atoms with Crippen LogP contribution in [0.15, 0.2) is 41.6 Å². The van der Waals surface area contributed by atoms with E-state index in [2.05, 4.69) is 15.8 Å². The van der Waals surface area contributed by atoms with Crippen LogP contribution in [0.4, 0.5) is 4.79 Å². The van der Waals surface area contributed by atoms with Crippen molar-refractivity contribution >= 4 is 52.6 Å². The van der Waals surface area contributed by atoms with Crippen LogP contribution in [0.25, 0.3) is 0 Å². The van der Waals surface area contributed by atoms with Crippen molar-refractivity contribution in [2.24, 2.45) is 5.16 Å². The third-order valence-electron chi connectivity index (χ3n) is 8.22. The molecule has 1 aliphatic carbocycles. The molecule has 1 saturated carbocycles. The molecule has 3 amide bonds. The first kappa shape index (κ1) is 33.3. The molecule has 2 fully saturated rings. The van der Waals surface area contributed by atoms with Crippen molar-refractivity contribution < 1.29 is 38.2 Å². The van der Waals surface area contributed by atoms with Gasteiger partial charge in [0.1, 0.15) is 24.1 Å². The SMILES string of the molecule is CCC[C@H](NC(=O)[C@@H]1C[C@]2(CC(c3cc(Cl)c(OC)cc3OC)=NO2)CN1C(=O)OCc1ccccc1Cl)C(=O)C(=O)NC1CC1. The number of halogens is 2. The highest BCUT2D eigenvalue weighted by molar-refractivity contribution is 6.38. The minimum Gasteiger partial charge on any atom is -0.496 e. The molecular formula is C32H36Cl2N4O8. The van der Waals surface area contributed by atoms with E-state index in [1.54, 1.807) is 36.4 Å². The van der Waals surface area contributed by atoms with Crippen molar-refractivity contribution in [1.82, 2.24) is 15.5 Å². The number of hydrogen-bond donors (Lipinski definition) is 2. The Bertz CT molecular complexity index is 1550. The van der Waals surface area contributed by atoms with Gasteiger partial charge in [-0.25, -0.2) is 4.79 Å². The van der Waals surface area contributed by atoms with E-state index in [0.29, 0.717) is 44.8 Å². The maximum Gasteiger partial charge on any atom is 0.410 e. The topological polar surface area (TPSA) is 145 Å². The minimum atomic E-state index is -1.09. The highest BCUT2D eigenvalue weighted by atomic mass is 35.5. The lowest BCUT2D eigenvalue weighted by Gasteiger charge is -2.25. The van der Waals surface area contributed by atoms with E-state index >= 15 is 0 Å². The van der Waals surface area contributed by atoms with Gasteiger partial charge in [0.15, 0.2) is 5.60 Å². The molecule has 2 aromatic rings. The number of Topliss-reactive ketones (excluding diaryl/α,β-unsaturated/α-hetero) is 1. The summed E-state index contributed by atoms with van der Waals surface area (Å²) >= 11 is 12.7. The molecule has 5 rings (SSSR count). The zero-order valence-corrected chi connectivity index (χ0v) is 27.3. The summed E-state index contributed by atoms with van der Waals surface area (Å²) in [6.45, 7) is 1.68. The molecule has 0 unspecified atom stereocenters. The lowest BCUT2D eigenvalue weighted by atomic mass is 9.91. The molecule has 1 spiro atoms. The highest BCUT2D eigenvalue weighted by Crippen LogP contribution is 2.42. The Labute approximate surface area is 276 Å². The molecule has 14 heteroatoms. The Morgan fingerprint density at radius 3 is 2.50 bits per heavy atom. The maximum atomic E-state index is 13.8. The van der Waals surface area contributed by atoms with Gasteiger partial charge in [-0.15, -0.1) is 0 Å². The average molecular weight is 676 g/mol. The number of likely N-dealkylation sites (tertiary alicyclic amines) is 1. The number of ketones is 1. The van der Waals surface area contributed by atoms with Crippen molar-refractivity contribution in [1.29, 1.82) is 0 Å². The van der Waals surface area contributed by atoms with Gasteiger partial charge in [-0.3, -0.25) is 19.3 Å². The molecule has 0 radical (unpaired) electrons. The number of ether oxygens (including phenoxy) is 3. The molecule has 2 heterocycles. The molecule has 2 N–H and O–H groups in total. The predicted octanol–water partition coefficient (Wildman–Crippen LogP) is 4.42. The van der Waals surface area contributed by atoms with E-state index in [1.807, 2.05) is 6.92 Å². The molecule has 3 atom stereocenters. The van der Waals surface area contributed by atoms with Crippen LogP contribution in [0.5, 0.6) is 11.5 Å². The van der Waals surface area contributed by atoms with Crippen molar-refractivity contribution in [3.05, 3.63) is 57.6 Å². The summed E-state index contributed by atoms with van der Waals surface area (Å²) in [6.07, 6.45) is 1.91. The van der Waals surface area contributed by atoms with Crippen molar-refractivity contribution in [3.8, 4) is 11.5 Å². The second kappa shape index (κ2) is 14.2. The largest absolute Gasteiger partial charge is 0.496 e. The number of nitrogens with one attached hydrogen (secondary N) is 2. The molecule has 246 valence electrons. The van der Waals surface area contributed by atoms with Crippen LogP contribution in [0, 0.1) is 0 Å². The molecule has 46 heavy (non-hydrogen) atoms.